The molecular formula is C18H29Cl2N3OS. The summed E-state index contributed by atoms with van der Waals surface area (Å²) in [5.41, 5.74) is 0. The van der Waals surface area contributed by atoms with Gasteiger partial charge in [-0.1, -0.05) is 18.9 Å². The van der Waals surface area contributed by atoms with Crippen molar-refractivity contribution in [2.24, 2.45) is 5.92 Å². The molecule has 3 fully saturated rings. The second kappa shape index (κ2) is 9.56. The van der Waals surface area contributed by atoms with Gasteiger partial charge in [0.2, 0.25) is 5.91 Å². The number of fused-ring (bicyclic) bond motifs is 1. The maximum Gasteiger partial charge on any atom is 0.239 e. The molecule has 1 N–H and O–H groups in total. The molecule has 3 unspecified atom stereocenters. The van der Waals surface area contributed by atoms with Gasteiger partial charge in [-0.25, -0.2) is 0 Å². The molecule has 1 aromatic heterocycles. The van der Waals surface area contributed by atoms with Crippen LogP contribution >= 0.6 is 36.2 Å². The van der Waals surface area contributed by atoms with Crippen LogP contribution < -0.4 is 5.32 Å². The van der Waals surface area contributed by atoms with Crippen molar-refractivity contribution in [1.82, 2.24) is 15.1 Å². The molecular weight excluding hydrogens is 377 g/mol. The van der Waals surface area contributed by atoms with Crippen molar-refractivity contribution in [2.75, 3.05) is 26.2 Å². The minimum atomic E-state index is 0. The first-order valence-electron chi connectivity index (χ1n) is 9.09. The van der Waals surface area contributed by atoms with Gasteiger partial charge in [0.15, 0.2) is 0 Å². The summed E-state index contributed by atoms with van der Waals surface area (Å²) in [6, 6.07) is 5.02. The molecule has 7 heteroatoms. The molecule has 3 aliphatic rings. The van der Waals surface area contributed by atoms with Gasteiger partial charge in [0.25, 0.3) is 0 Å². The number of carbonyl (C=O) groups excluding carboxylic acids is 1. The first-order valence-corrected chi connectivity index (χ1v) is 9.97. The van der Waals surface area contributed by atoms with Gasteiger partial charge < -0.3 is 10.2 Å². The molecule has 4 rings (SSSR count). The van der Waals surface area contributed by atoms with Crippen LogP contribution in [0.25, 0.3) is 0 Å². The quantitative estimate of drug-likeness (QED) is 0.838. The summed E-state index contributed by atoms with van der Waals surface area (Å²) in [5, 5.41) is 5.77. The molecule has 0 bridgehead atoms. The highest BCUT2D eigenvalue weighted by Crippen LogP contribution is 2.33. The lowest BCUT2D eigenvalue weighted by molar-refractivity contribution is -0.135. The van der Waals surface area contributed by atoms with E-state index in [2.05, 4.69) is 32.6 Å². The fraction of sp³-hybridized carbons (Fsp3) is 0.722. The number of piperazine rings is 1. The molecule has 1 saturated carbocycles. The van der Waals surface area contributed by atoms with E-state index in [1.54, 1.807) is 0 Å². The summed E-state index contributed by atoms with van der Waals surface area (Å²) in [4.78, 5) is 18.8. The summed E-state index contributed by atoms with van der Waals surface area (Å²) in [6.45, 7) is 4.81. The van der Waals surface area contributed by atoms with E-state index in [0.717, 1.165) is 45.1 Å². The van der Waals surface area contributed by atoms with Gasteiger partial charge in [-0.05, 0) is 36.6 Å². The van der Waals surface area contributed by atoms with Gasteiger partial charge in [-0.2, -0.15) is 0 Å². The topological polar surface area (TPSA) is 35.6 Å². The number of carbonyl (C=O) groups is 1. The Labute approximate surface area is 167 Å². The van der Waals surface area contributed by atoms with Crippen molar-refractivity contribution >= 4 is 42.1 Å². The minimum absolute atomic E-state index is 0. The van der Waals surface area contributed by atoms with Crippen molar-refractivity contribution in [3.8, 4) is 0 Å². The van der Waals surface area contributed by atoms with Crippen molar-refractivity contribution in [2.45, 2.75) is 50.7 Å². The maximum absolute atomic E-state index is 12.8. The minimum Gasteiger partial charge on any atom is -0.339 e. The van der Waals surface area contributed by atoms with Crippen LogP contribution in [-0.2, 0) is 11.3 Å². The first-order chi connectivity index (χ1) is 11.3. The van der Waals surface area contributed by atoms with Crippen LogP contribution in [0, 0.1) is 5.92 Å². The van der Waals surface area contributed by atoms with Crippen LogP contribution in [0.15, 0.2) is 17.5 Å². The Morgan fingerprint density at radius 2 is 1.92 bits per heavy atom. The smallest absolute Gasteiger partial charge is 0.239 e. The number of nitrogens with one attached hydrogen (secondary N) is 1. The van der Waals surface area contributed by atoms with Crippen molar-refractivity contribution in [3.05, 3.63) is 22.4 Å². The van der Waals surface area contributed by atoms with E-state index in [1.807, 2.05) is 11.3 Å². The highest BCUT2D eigenvalue weighted by atomic mass is 35.5. The van der Waals surface area contributed by atoms with E-state index in [1.165, 1.54) is 30.6 Å². The van der Waals surface area contributed by atoms with E-state index in [9.17, 15) is 4.79 Å². The molecule has 3 atom stereocenters. The highest BCUT2D eigenvalue weighted by Gasteiger charge is 2.40. The van der Waals surface area contributed by atoms with Crippen LogP contribution in [0.4, 0.5) is 0 Å². The Morgan fingerprint density at radius 1 is 1.16 bits per heavy atom. The highest BCUT2D eigenvalue weighted by molar-refractivity contribution is 7.09. The Hall–Kier alpha value is -0.330. The van der Waals surface area contributed by atoms with E-state index in [0.29, 0.717) is 11.9 Å². The molecule has 3 heterocycles. The Morgan fingerprint density at radius 3 is 2.60 bits per heavy atom. The standard InChI is InChI=1S/C18H27N3OS.2ClH/c22-18(17-12-14-4-1-2-6-16(14)19-17)21-9-7-20(8-10-21)13-15-5-3-11-23-15;;/h3,5,11,14,16-17,19H,1-2,4,6-10,12-13H2;2*1H. The molecule has 25 heavy (non-hydrogen) atoms. The molecule has 0 radical (unpaired) electrons. The van der Waals surface area contributed by atoms with Gasteiger partial charge in [-0.3, -0.25) is 9.69 Å². The second-order valence-electron chi connectivity index (χ2n) is 7.29. The lowest BCUT2D eigenvalue weighted by atomic mass is 9.85. The molecule has 1 aliphatic carbocycles. The van der Waals surface area contributed by atoms with Crippen LogP contribution in [-0.4, -0.2) is 54.0 Å². The normalized spacial score (nSPS) is 29.4. The summed E-state index contributed by atoms with van der Waals surface area (Å²) in [7, 11) is 0. The van der Waals surface area contributed by atoms with Crippen molar-refractivity contribution in [1.29, 1.82) is 0 Å². The largest absolute Gasteiger partial charge is 0.339 e. The van der Waals surface area contributed by atoms with Crippen molar-refractivity contribution in [3.63, 3.8) is 0 Å². The van der Waals surface area contributed by atoms with E-state index >= 15 is 0 Å². The number of hydrogen-bond acceptors (Lipinski definition) is 4. The SMILES string of the molecule is Cl.Cl.O=C(C1CC2CCCCC2N1)N1CCN(Cc2cccs2)CC1. The van der Waals surface area contributed by atoms with Gasteiger partial charge in [0.1, 0.15) is 0 Å². The van der Waals surface area contributed by atoms with E-state index < -0.39 is 0 Å². The predicted molar refractivity (Wildman–Crippen MR) is 108 cm³/mol. The maximum atomic E-state index is 12.8. The van der Waals surface area contributed by atoms with Gasteiger partial charge in [-0.15, -0.1) is 36.2 Å². The monoisotopic (exact) mass is 405 g/mol. The van der Waals surface area contributed by atoms with E-state index in [4.69, 9.17) is 0 Å². The summed E-state index contributed by atoms with van der Waals surface area (Å²) >= 11 is 1.82. The fourth-order valence-electron chi connectivity index (χ4n) is 4.48. The van der Waals surface area contributed by atoms with Crippen LogP contribution in [0.2, 0.25) is 0 Å². The molecule has 0 spiro atoms. The third-order valence-corrected chi connectivity index (χ3v) is 6.67. The van der Waals surface area contributed by atoms with E-state index in [-0.39, 0.29) is 30.9 Å². The first kappa shape index (κ1) is 21.0. The Bertz CT molecular complexity index is 520. The summed E-state index contributed by atoms with van der Waals surface area (Å²) in [6.07, 6.45) is 6.33. The predicted octanol–water partition coefficient (Wildman–Crippen LogP) is 3.16. The van der Waals surface area contributed by atoms with Crippen LogP contribution in [0.5, 0.6) is 0 Å². The average Bonchev–Trinajstić information content (AvgIpc) is 3.24. The zero-order valence-electron chi connectivity index (χ0n) is 14.6. The number of hydrogen-bond donors (Lipinski definition) is 1. The van der Waals surface area contributed by atoms with Gasteiger partial charge in [0, 0.05) is 43.6 Å². The lowest BCUT2D eigenvalue weighted by Crippen LogP contribution is -2.53. The number of nitrogens with zero attached hydrogens (tertiary/aromatic N) is 2. The molecule has 142 valence electrons. The number of rotatable bonds is 3. The number of halogens is 2. The molecule has 1 aromatic rings. The second-order valence-corrected chi connectivity index (χ2v) is 8.32. The molecule has 2 saturated heterocycles. The summed E-state index contributed by atoms with van der Waals surface area (Å²) in [5.74, 6) is 1.10. The number of amides is 1. The lowest BCUT2D eigenvalue weighted by Gasteiger charge is -2.35. The Balaban J connectivity index is 0.00000113. The molecule has 2 aliphatic heterocycles. The Kier molecular flexibility index (Phi) is 8.02. The third kappa shape index (κ3) is 4.89. The van der Waals surface area contributed by atoms with Gasteiger partial charge in [0.05, 0.1) is 6.04 Å². The molecule has 1 amide bonds. The fourth-order valence-corrected chi connectivity index (χ4v) is 5.23. The third-order valence-electron chi connectivity index (χ3n) is 5.80. The summed E-state index contributed by atoms with van der Waals surface area (Å²) < 4.78 is 0. The van der Waals surface area contributed by atoms with Gasteiger partial charge >= 0.3 is 0 Å². The molecule has 4 nitrogen and oxygen atoms in total. The van der Waals surface area contributed by atoms with Crippen molar-refractivity contribution < 1.29 is 4.79 Å². The zero-order valence-corrected chi connectivity index (χ0v) is 17.0. The van der Waals surface area contributed by atoms with Crippen LogP contribution in [0.1, 0.15) is 37.0 Å². The number of thiophene rings is 1. The van der Waals surface area contributed by atoms with Crippen LogP contribution in [0.3, 0.4) is 0 Å². The average molecular weight is 406 g/mol. The zero-order chi connectivity index (χ0) is 15.6. The molecule has 0 aromatic carbocycles.